The number of likely N-dealkylation sites (tertiary alicyclic amines) is 1. The van der Waals surface area contributed by atoms with Crippen LogP contribution in [0.25, 0.3) is 0 Å². The molecule has 47 heavy (non-hydrogen) atoms. The minimum Gasteiger partial charge on any atom is -0.394 e. The van der Waals surface area contributed by atoms with Gasteiger partial charge in [-0.15, -0.1) is 24.9 Å². The fourth-order valence-corrected chi connectivity index (χ4v) is 11.4. The molecule has 3 fully saturated rings. The molecule has 0 aromatic heterocycles. The van der Waals surface area contributed by atoms with Crippen molar-refractivity contribution >= 4 is 51.1 Å². The summed E-state index contributed by atoms with van der Waals surface area (Å²) in [6.45, 7) is 8.46. The fourth-order valence-electron chi connectivity index (χ4n) is 7.76. The van der Waals surface area contributed by atoms with Gasteiger partial charge in [0, 0.05) is 35.4 Å². The van der Waals surface area contributed by atoms with Gasteiger partial charge in [0.05, 0.1) is 29.2 Å². The third-order valence-electron chi connectivity index (χ3n) is 9.69. The van der Waals surface area contributed by atoms with Crippen LogP contribution in [0, 0.1) is 11.8 Å². The van der Waals surface area contributed by atoms with Gasteiger partial charge in [-0.2, -0.15) is 0 Å². The first-order valence-corrected chi connectivity index (χ1v) is 17.8. The second kappa shape index (κ2) is 14.2. The number of carbonyl (C=O) groups excluding carboxylic acids is 3. The molecule has 3 unspecified atom stereocenters. The van der Waals surface area contributed by atoms with Gasteiger partial charge < -0.3 is 19.8 Å². The van der Waals surface area contributed by atoms with Crippen molar-refractivity contribution in [2.24, 2.45) is 11.8 Å². The first kappa shape index (κ1) is 33.2. The van der Waals surface area contributed by atoms with Crippen molar-refractivity contribution < 1.29 is 19.5 Å². The Balaban J connectivity index is 1.44. The number of carbonyl (C=O) groups is 3. The average Bonchev–Trinajstić information content (AvgIpc) is 3.69. The molecule has 0 aliphatic carbocycles. The number of hydrogen-bond acceptors (Lipinski definition) is 5. The quantitative estimate of drug-likeness (QED) is 0.187. The minimum atomic E-state index is -0.873. The third kappa shape index (κ3) is 6.09. The van der Waals surface area contributed by atoms with E-state index in [0.29, 0.717) is 32.5 Å². The molecule has 0 radical (unpaired) electrons. The highest BCUT2D eigenvalue weighted by molar-refractivity contribution is 9.09. The number of fused-ring (bicyclic) bond motifs is 1. The summed E-state index contributed by atoms with van der Waals surface area (Å²) in [7, 11) is 0. The van der Waals surface area contributed by atoms with Crippen LogP contribution in [0.5, 0.6) is 0 Å². The predicted molar refractivity (Wildman–Crippen MR) is 191 cm³/mol. The number of para-hydroxylation sites is 1. The number of aliphatic hydroxyl groups excluding tert-OH is 1. The van der Waals surface area contributed by atoms with Crippen LogP contribution in [0.15, 0.2) is 116 Å². The standard InChI is InChI=1S/C38H40BrN3O4S/c1-3-20-40(24-27-16-10-6-11-17-27)37(46)34-38-23-30(39)33(47-38)31(35(44)41(21-4-2)28-18-12-7-13-19-28)32(38)36(45)42(34)29(25-43)22-26-14-8-5-9-15-26/h3-19,29-34,43H,1-2,20-25H2/t29-,30?,31+,32+,33+,34?,38?/m1/s1. The Morgan fingerprint density at radius 3 is 2.13 bits per heavy atom. The maximum absolute atomic E-state index is 15.0. The van der Waals surface area contributed by atoms with E-state index in [1.165, 1.54) is 0 Å². The molecule has 2 bridgehead atoms. The summed E-state index contributed by atoms with van der Waals surface area (Å²) in [4.78, 5) is 49.6. The second-order valence-electron chi connectivity index (χ2n) is 12.5. The Hall–Kier alpha value is -3.66. The lowest BCUT2D eigenvalue weighted by atomic mass is 9.70. The number of alkyl halides is 1. The molecule has 3 amide bonds. The number of nitrogens with zero attached hydrogens (tertiary/aromatic N) is 3. The van der Waals surface area contributed by atoms with E-state index in [1.54, 1.807) is 38.6 Å². The maximum atomic E-state index is 15.0. The van der Waals surface area contributed by atoms with Gasteiger partial charge in [0.25, 0.3) is 0 Å². The maximum Gasteiger partial charge on any atom is 0.247 e. The Kier molecular flexibility index (Phi) is 10.1. The van der Waals surface area contributed by atoms with Crippen LogP contribution >= 0.6 is 27.7 Å². The van der Waals surface area contributed by atoms with Crippen LogP contribution in [0.2, 0.25) is 0 Å². The van der Waals surface area contributed by atoms with E-state index < -0.39 is 28.7 Å². The summed E-state index contributed by atoms with van der Waals surface area (Å²) in [5, 5.41) is 10.7. The zero-order chi connectivity index (χ0) is 33.1. The lowest BCUT2D eigenvalue weighted by molar-refractivity contribution is -0.145. The first-order chi connectivity index (χ1) is 22.8. The molecule has 3 aliphatic rings. The van der Waals surface area contributed by atoms with E-state index in [-0.39, 0.29) is 34.4 Å². The molecular formula is C38H40BrN3O4S. The number of anilines is 1. The van der Waals surface area contributed by atoms with Crippen LogP contribution in [0.3, 0.4) is 0 Å². The highest BCUT2D eigenvalue weighted by Crippen LogP contribution is 2.68. The van der Waals surface area contributed by atoms with E-state index in [2.05, 4.69) is 29.1 Å². The second-order valence-corrected chi connectivity index (χ2v) is 15.2. The monoisotopic (exact) mass is 713 g/mol. The summed E-state index contributed by atoms with van der Waals surface area (Å²) in [6.07, 6.45) is 4.34. The van der Waals surface area contributed by atoms with Crippen molar-refractivity contribution in [3.8, 4) is 0 Å². The van der Waals surface area contributed by atoms with E-state index in [9.17, 15) is 14.7 Å². The molecule has 6 rings (SSSR count). The number of benzene rings is 3. The lowest BCUT2D eigenvalue weighted by Crippen LogP contribution is -2.58. The van der Waals surface area contributed by atoms with Gasteiger partial charge in [-0.3, -0.25) is 14.4 Å². The number of aliphatic hydroxyl groups is 1. The van der Waals surface area contributed by atoms with Crippen molar-refractivity contribution in [2.75, 3.05) is 24.6 Å². The molecule has 3 saturated heterocycles. The number of amides is 3. The number of thioether (sulfide) groups is 1. The van der Waals surface area contributed by atoms with Crippen molar-refractivity contribution in [1.82, 2.24) is 9.80 Å². The Morgan fingerprint density at radius 2 is 1.53 bits per heavy atom. The van der Waals surface area contributed by atoms with Crippen molar-refractivity contribution in [3.05, 3.63) is 127 Å². The van der Waals surface area contributed by atoms with Crippen LogP contribution in [-0.4, -0.2) is 79.2 Å². The molecular weight excluding hydrogens is 674 g/mol. The molecule has 7 atom stereocenters. The largest absolute Gasteiger partial charge is 0.394 e. The van der Waals surface area contributed by atoms with E-state index in [1.807, 2.05) is 91.0 Å². The summed E-state index contributed by atoms with van der Waals surface area (Å²) in [5.74, 6) is -1.97. The van der Waals surface area contributed by atoms with Gasteiger partial charge in [-0.1, -0.05) is 107 Å². The Labute approximate surface area is 289 Å². The summed E-state index contributed by atoms with van der Waals surface area (Å²) >= 11 is 5.50. The van der Waals surface area contributed by atoms with Crippen molar-refractivity contribution in [2.45, 2.75) is 46.3 Å². The normalized spacial score (nSPS) is 26.5. The summed E-state index contributed by atoms with van der Waals surface area (Å²) in [5.41, 5.74) is 2.66. The van der Waals surface area contributed by atoms with Gasteiger partial charge in [0.2, 0.25) is 17.7 Å². The topological polar surface area (TPSA) is 81.2 Å². The number of hydrogen-bond donors (Lipinski definition) is 1. The smallest absolute Gasteiger partial charge is 0.247 e. The Bertz CT molecular complexity index is 1610. The van der Waals surface area contributed by atoms with E-state index >= 15 is 4.79 Å². The number of halogens is 1. The molecule has 1 N–H and O–H groups in total. The molecule has 1 spiro atoms. The van der Waals surface area contributed by atoms with E-state index in [4.69, 9.17) is 0 Å². The third-order valence-corrected chi connectivity index (χ3v) is 12.9. The average molecular weight is 715 g/mol. The molecule has 3 aromatic carbocycles. The van der Waals surface area contributed by atoms with Crippen LogP contribution in [0.4, 0.5) is 5.69 Å². The predicted octanol–water partition coefficient (Wildman–Crippen LogP) is 5.49. The summed E-state index contributed by atoms with van der Waals surface area (Å²) < 4.78 is -0.857. The van der Waals surface area contributed by atoms with Crippen LogP contribution in [0.1, 0.15) is 17.5 Å². The SMILES string of the molecule is C=CCN(Cc1ccccc1)C(=O)C1N([C@@H](CO)Cc2ccccc2)C(=O)[C@@H]2[C@H](C(=O)N(CC=C)c3ccccc3)[C@H]3SC12CC3Br. The van der Waals surface area contributed by atoms with Gasteiger partial charge in [-0.25, -0.2) is 0 Å². The van der Waals surface area contributed by atoms with Crippen molar-refractivity contribution in [3.63, 3.8) is 0 Å². The zero-order valence-corrected chi connectivity index (χ0v) is 28.6. The first-order valence-electron chi connectivity index (χ1n) is 16.0. The van der Waals surface area contributed by atoms with Gasteiger partial charge in [0.15, 0.2) is 0 Å². The molecule has 7 nitrogen and oxygen atoms in total. The van der Waals surface area contributed by atoms with Gasteiger partial charge in [-0.05, 0) is 36.1 Å². The minimum absolute atomic E-state index is 0.0780. The van der Waals surface area contributed by atoms with Gasteiger partial charge >= 0.3 is 0 Å². The fraction of sp³-hybridized carbons (Fsp3) is 0.342. The zero-order valence-electron chi connectivity index (χ0n) is 26.2. The Morgan fingerprint density at radius 1 is 0.936 bits per heavy atom. The molecule has 3 heterocycles. The number of rotatable bonds is 13. The summed E-state index contributed by atoms with van der Waals surface area (Å²) in [6, 6.07) is 27.4. The van der Waals surface area contributed by atoms with Crippen LogP contribution < -0.4 is 4.90 Å². The molecule has 3 aromatic rings. The lowest BCUT2D eigenvalue weighted by Gasteiger charge is -2.40. The highest BCUT2D eigenvalue weighted by Gasteiger charge is 2.76. The van der Waals surface area contributed by atoms with E-state index in [0.717, 1.165) is 16.8 Å². The molecule has 0 saturated carbocycles. The van der Waals surface area contributed by atoms with Crippen molar-refractivity contribution in [1.29, 1.82) is 0 Å². The molecule has 9 heteroatoms. The highest BCUT2D eigenvalue weighted by atomic mass is 79.9. The van der Waals surface area contributed by atoms with Crippen LogP contribution in [-0.2, 0) is 27.3 Å². The van der Waals surface area contributed by atoms with Gasteiger partial charge in [0.1, 0.15) is 6.04 Å². The molecule has 244 valence electrons. The molecule has 3 aliphatic heterocycles.